The van der Waals surface area contributed by atoms with Crippen LogP contribution in [0.25, 0.3) is 0 Å². The number of unbranched alkanes of at least 4 members (excludes halogenated alkanes) is 1. The molecule has 2 heteroatoms. The van der Waals surface area contributed by atoms with E-state index in [1.54, 1.807) is 0 Å². The Morgan fingerprint density at radius 3 is 2.90 bits per heavy atom. The largest absolute Gasteiger partial charge is 0.364 e. The lowest BCUT2D eigenvalue weighted by atomic mass is 9.97. The highest BCUT2D eigenvalue weighted by Gasteiger charge is 2.27. The molecule has 1 saturated heterocycles. The molecule has 1 rings (SSSR count). The monoisotopic (exact) mass is 143 g/mol. The van der Waals surface area contributed by atoms with Crippen molar-refractivity contribution in [2.24, 2.45) is 0 Å². The lowest BCUT2D eigenvalue weighted by Crippen LogP contribution is -2.38. The van der Waals surface area contributed by atoms with Crippen LogP contribution in [0.4, 0.5) is 0 Å². The first kappa shape index (κ1) is 8.02. The average molecular weight is 143 g/mol. The smallest absolute Gasteiger partial charge is 0.0971 e. The first-order valence-electron chi connectivity index (χ1n) is 4.10. The van der Waals surface area contributed by atoms with Crippen molar-refractivity contribution in [2.45, 2.75) is 38.6 Å². The van der Waals surface area contributed by atoms with Gasteiger partial charge in [-0.05, 0) is 13.3 Å². The van der Waals surface area contributed by atoms with Gasteiger partial charge in [0.05, 0.1) is 13.3 Å². The van der Waals surface area contributed by atoms with Gasteiger partial charge in [-0.2, -0.15) is 0 Å². The third-order valence-electron chi connectivity index (χ3n) is 2.10. The molecule has 0 aromatic heterocycles. The molecule has 1 heterocycles. The first-order chi connectivity index (χ1) is 4.77. The second-order valence-electron chi connectivity index (χ2n) is 3.33. The van der Waals surface area contributed by atoms with Gasteiger partial charge in [-0.15, -0.1) is 0 Å². The van der Waals surface area contributed by atoms with Crippen LogP contribution in [-0.4, -0.2) is 18.9 Å². The lowest BCUT2D eigenvalue weighted by molar-refractivity contribution is 0.177. The molecule has 10 heavy (non-hydrogen) atoms. The Hall–Kier alpha value is -0.0800. The first-order valence-corrected chi connectivity index (χ1v) is 4.10. The number of hydrogen-bond donors (Lipinski definition) is 1. The zero-order valence-electron chi connectivity index (χ0n) is 6.94. The molecule has 1 atom stereocenters. The van der Waals surface area contributed by atoms with E-state index < -0.39 is 0 Å². The van der Waals surface area contributed by atoms with E-state index in [-0.39, 0.29) is 5.54 Å². The van der Waals surface area contributed by atoms with Crippen LogP contribution in [0.1, 0.15) is 33.1 Å². The van der Waals surface area contributed by atoms with Crippen LogP contribution in [0.2, 0.25) is 0 Å². The zero-order valence-corrected chi connectivity index (χ0v) is 6.94. The fourth-order valence-corrected chi connectivity index (χ4v) is 1.28. The lowest BCUT2D eigenvalue weighted by Gasteiger charge is -2.21. The Morgan fingerprint density at radius 2 is 2.40 bits per heavy atom. The van der Waals surface area contributed by atoms with E-state index >= 15 is 0 Å². The van der Waals surface area contributed by atoms with E-state index in [0.29, 0.717) is 0 Å². The molecule has 0 spiro atoms. The maximum absolute atomic E-state index is 5.25. The van der Waals surface area contributed by atoms with Gasteiger partial charge in [0.2, 0.25) is 0 Å². The minimum atomic E-state index is 0.274. The van der Waals surface area contributed by atoms with Crippen LogP contribution in [0.15, 0.2) is 0 Å². The zero-order chi connectivity index (χ0) is 7.45. The highest BCUT2D eigenvalue weighted by Crippen LogP contribution is 2.17. The molecule has 1 N–H and O–H groups in total. The highest BCUT2D eigenvalue weighted by atomic mass is 16.5. The van der Waals surface area contributed by atoms with Crippen LogP contribution in [0, 0.1) is 0 Å². The highest BCUT2D eigenvalue weighted by molar-refractivity contribution is 4.84. The Labute approximate surface area is 63.0 Å². The molecule has 1 aliphatic heterocycles. The molecule has 0 radical (unpaired) electrons. The van der Waals surface area contributed by atoms with Crippen molar-refractivity contribution < 1.29 is 4.74 Å². The molecular weight excluding hydrogens is 126 g/mol. The van der Waals surface area contributed by atoms with Gasteiger partial charge in [-0.25, -0.2) is 0 Å². The summed E-state index contributed by atoms with van der Waals surface area (Å²) in [7, 11) is 0. The molecule has 1 unspecified atom stereocenters. The summed E-state index contributed by atoms with van der Waals surface area (Å²) in [5, 5.41) is 3.35. The Morgan fingerprint density at radius 1 is 1.60 bits per heavy atom. The quantitative estimate of drug-likeness (QED) is 0.646. The van der Waals surface area contributed by atoms with E-state index in [0.717, 1.165) is 13.3 Å². The Balaban J connectivity index is 2.22. The molecule has 0 aromatic carbocycles. The SMILES string of the molecule is CCCCC1(C)COCN1. The maximum atomic E-state index is 5.25. The van der Waals surface area contributed by atoms with Crippen molar-refractivity contribution in [3.8, 4) is 0 Å². The predicted octanol–water partition coefficient (Wildman–Crippen LogP) is 1.51. The molecule has 0 aliphatic carbocycles. The van der Waals surface area contributed by atoms with Gasteiger partial charge in [0.25, 0.3) is 0 Å². The summed E-state index contributed by atoms with van der Waals surface area (Å²) in [6.45, 7) is 6.07. The van der Waals surface area contributed by atoms with E-state index in [9.17, 15) is 0 Å². The molecule has 0 amide bonds. The number of rotatable bonds is 3. The van der Waals surface area contributed by atoms with E-state index in [4.69, 9.17) is 4.74 Å². The van der Waals surface area contributed by atoms with Crippen molar-refractivity contribution >= 4 is 0 Å². The van der Waals surface area contributed by atoms with Gasteiger partial charge in [0, 0.05) is 5.54 Å². The molecule has 1 fully saturated rings. The summed E-state index contributed by atoms with van der Waals surface area (Å²) in [6.07, 6.45) is 3.81. The third kappa shape index (κ3) is 1.96. The second-order valence-corrected chi connectivity index (χ2v) is 3.33. The molecule has 1 aliphatic rings. The van der Waals surface area contributed by atoms with Crippen LogP contribution in [0.3, 0.4) is 0 Å². The van der Waals surface area contributed by atoms with Gasteiger partial charge >= 0.3 is 0 Å². The van der Waals surface area contributed by atoms with Gasteiger partial charge in [0.15, 0.2) is 0 Å². The Bertz CT molecular complexity index is 97.4. The van der Waals surface area contributed by atoms with E-state index in [2.05, 4.69) is 19.2 Å². The van der Waals surface area contributed by atoms with Crippen molar-refractivity contribution in [3.63, 3.8) is 0 Å². The minimum Gasteiger partial charge on any atom is -0.364 e. The van der Waals surface area contributed by atoms with Crippen molar-refractivity contribution in [3.05, 3.63) is 0 Å². The topological polar surface area (TPSA) is 21.3 Å². The second kappa shape index (κ2) is 3.35. The van der Waals surface area contributed by atoms with Crippen LogP contribution < -0.4 is 5.32 Å². The summed E-state index contributed by atoms with van der Waals surface area (Å²) in [5.74, 6) is 0. The van der Waals surface area contributed by atoms with E-state index in [1.807, 2.05) is 0 Å². The summed E-state index contributed by atoms with van der Waals surface area (Å²) >= 11 is 0. The molecule has 0 bridgehead atoms. The fraction of sp³-hybridized carbons (Fsp3) is 1.00. The molecule has 60 valence electrons. The van der Waals surface area contributed by atoms with Gasteiger partial charge in [-0.3, -0.25) is 5.32 Å². The van der Waals surface area contributed by atoms with Gasteiger partial charge in [-0.1, -0.05) is 19.8 Å². The van der Waals surface area contributed by atoms with Crippen molar-refractivity contribution in [1.29, 1.82) is 0 Å². The van der Waals surface area contributed by atoms with Crippen molar-refractivity contribution in [2.75, 3.05) is 13.3 Å². The molecule has 0 aromatic rings. The third-order valence-corrected chi connectivity index (χ3v) is 2.10. The summed E-state index contributed by atoms with van der Waals surface area (Å²) in [5.41, 5.74) is 0.274. The maximum Gasteiger partial charge on any atom is 0.0971 e. The predicted molar refractivity (Wildman–Crippen MR) is 41.9 cm³/mol. The standard InChI is InChI=1S/C8H17NO/c1-3-4-5-8(2)6-10-7-9-8/h9H,3-7H2,1-2H3. The molecule has 2 nitrogen and oxygen atoms in total. The van der Waals surface area contributed by atoms with Crippen LogP contribution >= 0.6 is 0 Å². The van der Waals surface area contributed by atoms with Crippen LogP contribution in [0.5, 0.6) is 0 Å². The Kier molecular flexibility index (Phi) is 2.69. The fourth-order valence-electron chi connectivity index (χ4n) is 1.28. The summed E-state index contributed by atoms with van der Waals surface area (Å²) < 4.78 is 5.25. The summed E-state index contributed by atoms with van der Waals surface area (Å²) in [6, 6.07) is 0. The average Bonchev–Trinajstić information content (AvgIpc) is 2.33. The molecule has 0 saturated carbocycles. The molecular formula is C8H17NO. The van der Waals surface area contributed by atoms with Gasteiger partial charge < -0.3 is 4.74 Å². The van der Waals surface area contributed by atoms with Crippen molar-refractivity contribution in [1.82, 2.24) is 5.32 Å². The van der Waals surface area contributed by atoms with Crippen LogP contribution in [-0.2, 0) is 4.74 Å². The van der Waals surface area contributed by atoms with Gasteiger partial charge in [0.1, 0.15) is 0 Å². The van der Waals surface area contributed by atoms with E-state index in [1.165, 1.54) is 19.3 Å². The number of nitrogens with one attached hydrogen (secondary N) is 1. The number of hydrogen-bond acceptors (Lipinski definition) is 2. The normalized spacial score (nSPS) is 33.0. The minimum absolute atomic E-state index is 0.274. The summed E-state index contributed by atoms with van der Waals surface area (Å²) in [4.78, 5) is 0. The number of ether oxygens (including phenoxy) is 1.